The van der Waals surface area contributed by atoms with Gasteiger partial charge in [0.25, 0.3) is 0 Å². The number of carbonyl (C=O) groups is 1. The van der Waals surface area contributed by atoms with Gasteiger partial charge in [-0.05, 0) is 37.5 Å². The molecule has 0 aromatic rings. The number of thioether (sulfide) groups is 1. The van der Waals surface area contributed by atoms with E-state index in [0.717, 1.165) is 12.2 Å². The summed E-state index contributed by atoms with van der Waals surface area (Å²) in [6.45, 7) is 8.70. The molecule has 1 aliphatic heterocycles. The highest BCUT2D eigenvalue weighted by Gasteiger charge is 2.37. The minimum absolute atomic E-state index is 0.0800. The fraction of sp³-hybridized carbons (Fsp3) is 0.933. The number of hydrogen-bond acceptors (Lipinski definition) is 4. The smallest absolute Gasteiger partial charge is 0.346 e. The molecule has 0 aromatic carbocycles. The Morgan fingerprint density at radius 1 is 1.32 bits per heavy atom. The summed E-state index contributed by atoms with van der Waals surface area (Å²) in [5, 5.41) is 0. The van der Waals surface area contributed by atoms with Gasteiger partial charge in [0, 0.05) is 5.75 Å². The van der Waals surface area contributed by atoms with Crippen LogP contribution in [0.15, 0.2) is 0 Å². The Morgan fingerprint density at radius 3 is 2.63 bits per heavy atom. The lowest BCUT2D eigenvalue weighted by Crippen LogP contribution is -2.38. The fourth-order valence-corrected chi connectivity index (χ4v) is 4.08. The zero-order chi connectivity index (χ0) is 14.0. The summed E-state index contributed by atoms with van der Waals surface area (Å²) in [5.74, 6) is 2.45. The van der Waals surface area contributed by atoms with E-state index in [0.29, 0.717) is 17.8 Å². The van der Waals surface area contributed by atoms with E-state index < -0.39 is 5.44 Å². The van der Waals surface area contributed by atoms with Crippen molar-refractivity contribution in [2.24, 2.45) is 17.8 Å². The summed E-state index contributed by atoms with van der Waals surface area (Å²) in [6, 6.07) is 0. The zero-order valence-corrected chi connectivity index (χ0v) is 13.2. The maximum atomic E-state index is 12.2. The van der Waals surface area contributed by atoms with Crippen LogP contribution in [0.3, 0.4) is 0 Å². The topological polar surface area (TPSA) is 35.5 Å². The molecule has 19 heavy (non-hydrogen) atoms. The molecule has 4 heteroatoms. The number of rotatable bonds is 3. The third-order valence-electron chi connectivity index (χ3n) is 4.26. The Balaban J connectivity index is 1.92. The predicted molar refractivity (Wildman–Crippen MR) is 78.0 cm³/mol. The Morgan fingerprint density at radius 2 is 2.05 bits per heavy atom. The molecule has 0 radical (unpaired) electrons. The molecule has 2 aliphatic rings. The maximum absolute atomic E-state index is 12.2. The molecule has 4 unspecified atom stereocenters. The van der Waals surface area contributed by atoms with E-state index in [2.05, 4.69) is 20.8 Å². The monoisotopic (exact) mass is 286 g/mol. The van der Waals surface area contributed by atoms with Gasteiger partial charge in [0.2, 0.25) is 5.44 Å². The van der Waals surface area contributed by atoms with Gasteiger partial charge in [-0.3, -0.25) is 0 Å². The highest BCUT2D eigenvalue weighted by Crippen LogP contribution is 2.36. The van der Waals surface area contributed by atoms with Crippen molar-refractivity contribution in [1.29, 1.82) is 0 Å². The average molecular weight is 286 g/mol. The lowest BCUT2D eigenvalue weighted by molar-refractivity contribution is -0.164. The van der Waals surface area contributed by atoms with Crippen LogP contribution >= 0.6 is 11.8 Å². The first kappa shape index (κ1) is 15.2. The van der Waals surface area contributed by atoms with Crippen LogP contribution in [0.1, 0.15) is 47.0 Å². The lowest BCUT2D eigenvalue weighted by Gasteiger charge is -2.37. The van der Waals surface area contributed by atoms with Crippen LogP contribution in [-0.4, -0.2) is 29.4 Å². The molecule has 2 fully saturated rings. The predicted octanol–water partition coefficient (Wildman–Crippen LogP) is 3.47. The molecule has 5 atom stereocenters. The van der Waals surface area contributed by atoms with E-state index >= 15 is 0 Å². The summed E-state index contributed by atoms with van der Waals surface area (Å²) in [5.41, 5.74) is -0.403. The first-order valence-electron chi connectivity index (χ1n) is 7.45. The number of hydrogen-bond donors (Lipinski definition) is 0. The van der Waals surface area contributed by atoms with Gasteiger partial charge in [-0.1, -0.05) is 27.2 Å². The molecule has 1 aliphatic carbocycles. The van der Waals surface area contributed by atoms with E-state index in [4.69, 9.17) is 9.47 Å². The van der Waals surface area contributed by atoms with Crippen molar-refractivity contribution in [3.63, 3.8) is 0 Å². The Kier molecular flexibility index (Phi) is 5.18. The summed E-state index contributed by atoms with van der Waals surface area (Å²) in [7, 11) is 0. The van der Waals surface area contributed by atoms with E-state index in [9.17, 15) is 4.79 Å². The van der Waals surface area contributed by atoms with Crippen LogP contribution in [0.4, 0.5) is 0 Å². The second-order valence-corrected chi connectivity index (χ2v) is 7.51. The third kappa shape index (κ3) is 3.88. The van der Waals surface area contributed by atoms with Gasteiger partial charge in [-0.25, -0.2) is 4.79 Å². The fourth-order valence-electron chi connectivity index (χ4n) is 3.09. The van der Waals surface area contributed by atoms with Gasteiger partial charge in [-0.15, -0.1) is 11.8 Å². The van der Waals surface area contributed by atoms with Gasteiger partial charge in [-0.2, -0.15) is 0 Å². The van der Waals surface area contributed by atoms with Crippen LogP contribution in [0, 0.1) is 17.8 Å². The molecular weight excluding hydrogens is 260 g/mol. The quantitative estimate of drug-likeness (QED) is 0.744. The highest BCUT2D eigenvalue weighted by atomic mass is 32.2. The second-order valence-electron chi connectivity index (χ2n) is 6.41. The van der Waals surface area contributed by atoms with Gasteiger partial charge in [0.15, 0.2) is 0 Å². The largest absolute Gasteiger partial charge is 0.459 e. The van der Waals surface area contributed by atoms with Crippen molar-refractivity contribution >= 4 is 17.7 Å². The summed E-state index contributed by atoms with van der Waals surface area (Å²) in [4.78, 5) is 12.2. The molecule has 110 valence electrons. The third-order valence-corrected chi connectivity index (χ3v) is 5.53. The van der Waals surface area contributed by atoms with Gasteiger partial charge < -0.3 is 9.47 Å². The molecule has 0 N–H and O–H groups in total. The normalized spacial score (nSPS) is 39.5. The van der Waals surface area contributed by atoms with Crippen LogP contribution in [0.5, 0.6) is 0 Å². The van der Waals surface area contributed by atoms with Crippen LogP contribution < -0.4 is 0 Å². The minimum atomic E-state index is -0.403. The van der Waals surface area contributed by atoms with Crippen molar-refractivity contribution in [3.8, 4) is 0 Å². The van der Waals surface area contributed by atoms with Gasteiger partial charge in [0.1, 0.15) is 6.10 Å². The molecule has 2 rings (SSSR count). The summed E-state index contributed by atoms with van der Waals surface area (Å²) >= 11 is 1.56. The Hall–Kier alpha value is -0.220. The van der Waals surface area contributed by atoms with Crippen molar-refractivity contribution < 1.29 is 14.3 Å². The Labute approximate surface area is 120 Å². The SMILES string of the molecule is CC1CC[C@@H](C(C)C)C(OC(=O)C2OC(C)CS2)C1. The highest BCUT2D eigenvalue weighted by molar-refractivity contribution is 8.00. The molecule has 1 saturated carbocycles. The van der Waals surface area contributed by atoms with Crippen molar-refractivity contribution in [2.75, 3.05) is 5.75 Å². The van der Waals surface area contributed by atoms with Crippen LogP contribution in [0.2, 0.25) is 0 Å². The van der Waals surface area contributed by atoms with E-state index in [1.807, 2.05) is 6.92 Å². The first-order valence-corrected chi connectivity index (χ1v) is 8.49. The molecule has 0 bridgehead atoms. The van der Waals surface area contributed by atoms with E-state index in [-0.39, 0.29) is 18.2 Å². The molecule has 0 amide bonds. The summed E-state index contributed by atoms with van der Waals surface area (Å²) in [6.07, 6.45) is 3.67. The van der Waals surface area contributed by atoms with E-state index in [1.54, 1.807) is 11.8 Å². The standard InChI is InChI=1S/C15H26O3S/c1-9(2)12-6-5-10(3)7-13(12)18-14(16)15-17-11(4)8-19-15/h9-13,15H,5-8H2,1-4H3/t10?,11?,12-,13?,15?/m0/s1. The molecule has 0 spiro atoms. The second kappa shape index (κ2) is 6.49. The van der Waals surface area contributed by atoms with Crippen molar-refractivity contribution in [1.82, 2.24) is 0 Å². The zero-order valence-electron chi connectivity index (χ0n) is 12.4. The molecule has 1 saturated heterocycles. The average Bonchev–Trinajstić information content (AvgIpc) is 2.75. The summed E-state index contributed by atoms with van der Waals surface area (Å²) < 4.78 is 11.4. The molecule has 0 aromatic heterocycles. The first-order chi connectivity index (χ1) is 8.97. The Bertz CT molecular complexity index is 319. The van der Waals surface area contributed by atoms with Crippen molar-refractivity contribution in [3.05, 3.63) is 0 Å². The van der Waals surface area contributed by atoms with Gasteiger partial charge in [0.05, 0.1) is 6.10 Å². The van der Waals surface area contributed by atoms with Crippen LogP contribution in [0.25, 0.3) is 0 Å². The maximum Gasteiger partial charge on any atom is 0.346 e. The van der Waals surface area contributed by atoms with Gasteiger partial charge >= 0.3 is 5.97 Å². The van der Waals surface area contributed by atoms with Crippen molar-refractivity contribution in [2.45, 2.75) is 64.6 Å². The lowest BCUT2D eigenvalue weighted by atomic mass is 9.75. The number of ether oxygens (including phenoxy) is 2. The van der Waals surface area contributed by atoms with E-state index in [1.165, 1.54) is 12.8 Å². The molecular formula is C15H26O3S. The van der Waals surface area contributed by atoms with Crippen LogP contribution in [-0.2, 0) is 14.3 Å². The number of esters is 1. The minimum Gasteiger partial charge on any atom is -0.459 e. The molecule has 3 nitrogen and oxygen atoms in total. The number of carbonyl (C=O) groups excluding carboxylic acids is 1. The molecule has 1 heterocycles.